The lowest BCUT2D eigenvalue weighted by atomic mass is 10.3. The molecule has 20 heavy (non-hydrogen) atoms. The minimum atomic E-state index is -3.85. The largest absolute Gasteiger partial charge is 0.477 e. The molecule has 0 atom stereocenters. The first-order valence-corrected chi connectivity index (χ1v) is 8.57. The molecule has 1 aromatic heterocycles. The number of carboxylic acids is 1. The highest BCUT2D eigenvalue weighted by Crippen LogP contribution is 2.31. The average molecular weight is 376 g/mol. The van der Waals surface area contributed by atoms with E-state index in [1.54, 1.807) is 30.5 Å². The molecule has 0 amide bonds. The van der Waals surface area contributed by atoms with Crippen molar-refractivity contribution in [2.45, 2.75) is 11.8 Å². The van der Waals surface area contributed by atoms with Crippen molar-refractivity contribution in [3.05, 3.63) is 44.6 Å². The van der Waals surface area contributed by atoms with Crippen molar-refractivity contribution >= 4 is 48.9 Å². The summed E-state index contributed by atoms with van der Waals surface area (Å²) in [4.78, 5) is 11.1. The molecule has 0 spiro atoms. The van der Waals surface area contributed by atoms with Crippen LogP contribution < -0.4 is 4.72 Å². The number of halogens is 1. The Balaban J connectivity index is 2.47. The summed E-state index contributed by atoms with van der Waals surface area (Å²) >= 11 is 4.16. The smallest absolute Gasteiger partial charge is 0.348 e. The second-order valence-corrected chi connectivity index (χ2v) is 7.35. The van der Waals surface area contributed by atoms with Gasteiger partial charge >= 0.3 is 5.97 Å². The third kappa shape index (κ3) is 2.87. The highest BCUT2D eigenvalue weighted by Gasteiger charge is 2.23. The average Bonchev–Trinajstić information content (AvgIpc) is 2.71. The van der Waals surface area contributed by atoms with E-state index >= 15 is 0 Å². The lowest BCUT2D eigenvalue weighted by molar-refractivity contribution is 0.0703. The summed E-state index contributed by atoms with van der Waals surface area (Å²) in [6.45, 7) is 1.65. The van der Waals surface area contributed by atoms with Gasteiger partial charge in [0.15, 0.2) is 0 Å². The summed E-state index contributed by atoms with van der Waals surface area (Å²) in [6, 6.07) is 6.33. The van der Waals surface area contributed by atoms with Crippen LogP contribution in [0, 0.1) is 6.92 Å². The van der Waals surface area contributed by atoms with E-state index < -0.39 is 16.0 Å². The Hall–Kier alpha value is -1.38. The van der Waals surface area contributed by atoms with E-state index in [4.69, 9.17) is 5.11 Å². The zero-order valence-electron chi connectivity index (χ0n) is 10.3. The fourth-order valence-corrected chi connectivity index (χ4v) is 4.64. The van der Waals surface area contributed by atoms with Gasteiger partial charge in [-0.15, -0.1) is 11.3 Å². The van der Waals surface area contributed by atoms with E-state index in [9.17, 15) is 13.2 Å². The third-order valence-electron chi connectivity index (χ3n) is 2.53. The minimum absolute atomic E-state index is 0.0295. The SMILES string of the molecule is Cc1csc(C(=O)O)c1NS(=O)(=O)c1ccccc1Br. The Morgan fingerprint density at radius 1 is 1.35 bits per heavy atom. The molecule has 8 heteroatoms. The van der Waals surface area contributed by atoms with E-state index in [1.807, 2.05) is 0 Å². The van der Waals surface area contributed by atoms with Crippen molar-refractivity contribution in [1.29, 1.82) is 0 Å². The molecule has 2 rings (SSSR count). The standard InChI is InChI=1S/C12H10BrNO4S2/c1-7-6-19-11(12(15)16)10(7)14-20(17,18)9-5-3-2-4-8(9)13/h2-6,14H,1H3,(H,15,16). The van der Waals surface area contributed by atoms with Crippen molar-refractivity contribution in [2.75, 3.05) is 4.72 Å². The lowest BCUT2D eigenvalue weighted by Gasteiger charge is -2.10. The molecule has 1 heterocycles. The van der Waals surface area contributed by atoms with Gasteiger partial charge in [-0.25, -0.2) is 13.2 Å². The van der Waals surface area contributed by atoms with Crippen LogP contribution in [0.25, 0.3) is 0 Å². The van der Waals surface area contributed by atoms with Gasteiger partial charge in [0.05, 0.1) is 5.69 Å². The van der Waals surface area contributed by atoms with Gasteiger partial charge in [-0.1, -0.05) is 12.1 Å². The number of thiophene rings is 1. The van der Waals surface area contributed by atoms with Gasteiger partial charge in [-0.3, -0.25) is 4.72 Å². The van der Waals surface area contributed by atoms with Crippen LogP contribution in [-0.4, -0.2) is 19.5 Å². The molecular formula is C12H10BrNO4S2. The first-order chi connectivity index (χ1) is 9.33. The maximum atomic E-state index is 12.3. The lowest BCUT2D eigenvalue weighted by Crippen LogP contribution is -2.15. The first kappa shape index (κ1) is 15.0. The van der Waals surface area contributed by atoms with Crippen molar-refractivity contribution in [1.82, 2.24) is 0 Å². The molecule has 1 aromatic carbocycles. The van der Waals surface area contributed by atoms with E-state index in [1.165, 1.54) is 6.07 Å². The number of aromatic carboxylic acids is 1. The predicted molar refractivity (Wildman–Crippen MR) is 81.0 cm³/mol. The summed E-state index contributed by atoms with van der Waals surface area (Å²) in [5.41, 5.74) is 0.682. The van der Waals surface area contributed by atoms with Gasteiger partial charge in [0.1, 0.15) is 9.77 Å². The number of hydrogen-bond donors (Lipinski definition) is 2. The van der Waals surface area contributed by atoms with Crippen LogP contribution >= 0.6 is 27.3 Å². The Labute approximate surface area is 128 Å². The fraction of sp³-hybridized carbons (Fsp3) is 0.0833. The molecule has 0 unspecified atom stereocenters. The van der Waals surface area contributed by atoms with Gasteiger partial charge in [0.2, 0.25) is 0 Å². The van der Waals surface area contributed by atoms with Gasteiger partial charge in [-0.2, -0.15) is 0 Å². The Kier molecular flexibility index (Phi) is 4.17. The molecule has 0 fully saturated rings. The number of benzene rings is 1. The van der Waals surface area contributed by atoms with Crippen LogP contribution in [0.3, 0.4) is 0 Å². The predicted octanol–water partition coefficient (Wildman–Crippen LogP) is 3.32. The molecule has 0 radical (unpaired) electrons. The van der Waals surface area contributed by atoms with Crippen molar-refractivity contribution in [2.24, 2.45) is 0 Å². The molecule has 2 aromatic rings. The van der Waals surface area contributed by atoms with Crippen LogP contribution in [-0.2, 0) is 10.0 Å². The van der Waals surface area contributed by atoms with Crippen molar-refractivity contribution in [3.63, 3.8) is 0 Å². The van der Waals surface area contributed by atoms with Crippen molar-refractivity contribution in [3.8, 4) is 0 Å². The molecule has 0 saturated heterocycles. The third-order valence-corrected chi connectivity index (χ3v) is 5.98. The van der Waals surface area contributed by atoms with Crippen LogP contribution in [0.1, 0.15) is 15.2 Å². The minimum Gasteiger partial charge on any atom is -0.477 e. The van der Waals surface area contributed by atoms with Gasteiger partial charge in [0, 0.05) is 4.47 Å². The van der Waals surface area contributed by atoms with Crippen LogP contribution in [0.5, 0.6) is 0 Å². The fourth-order valence-electron chi connectivity index (χ4n) is 1.58. The molecule has 0 aliphatic rings. The van der Waals surface area contributed by atoms with Gasteiger partial charge in [-0.05, 0) is 45.9 Å². The highest BCUT2D eigenvalue weighted by molar-refractivity contribution is 9.10. The Morgan fingerprint density at radius 2 is 2.00 bits per heavy atom. The molecule has 5 nitrogen and oxygen atoms in total. The second-order valence-electron chi connectivity index (χ2n) is 3.96. The van der Waals surface area contributed by atoms with Gasteiger partial charge < -0.3 is 5.11 Å². The highest BCUT2D eigenvalue weighted by atomic mass is 79.9. The van der Waals surface area contributed by atoms with Crippen molar-refractivity contribution < 1.29 is 18.3 Å². The number of nitrogens with one attached hydrogen (secondary N) is 1. The summed E-state index contributed by atoms with van der Waals surface area (Å²) in [6.07, 6.45) is 0. The summed E-state index contributed by atoms with van der Waals surface area (Å²) in [5.74, 6) is -1.16. The quantitative estimate of drug-likeness (QED) is 0.858. The Morgan fingerprint density at radius 3 is 2.60 bits per heavy atom. The number of hydrogen-bond acceptors (Lipinski definition) is 4. The summed E-state index contributed by atoms with van der Waals surface area (Å²) in [7, 11) is -3.85. The van der Waals surface area contributed by atoms with Crippen LogP contribution in [0.2, 0.25) is 0 Å². The molecule has 2 N–H and O–H groups in total. The number of rotatable bonds is 4. The maximum absolute atomic E-state index is 12.3. The summed E-state index contributed by atoms with van der Waals surface area (Å²) in [5, 5.41) is 10.7. The topological polar surface area (TPSA) is 83.5 Å². The summed E-state index contributed by atoms with van der Waals surface area (Å²) < 4.78 is 27.4. The number of carboxylic acid groups (broad SMARTS) is 1. The maximum Gasteiger partial charge on any atom is 0.348 e. The zero-order chi connectivity index (χ0) is 14.9. The first-order valence-electron chi connectivity index (χ1n) is 5.41. The molecular weight excluding hydrogens is 366 g/mol. The van der Waals surface area contributed by atoms with E-state index in [0.717, 1.165) is 11.3 Å². The Bertz CT molecular complexity index is 768. The molecule has 0 saturated carbocycles. The monoisotopic (exact) mass is 375 g/mol. The van der Waals surface area contributed by atoms with Crippen LogP contribution in [0.4, 0.5) is 5.69 Å². The number of carbonyl (C=O) groups is 1. The molecule has 0 bridgehead atoms. The molecule has 106 valence electrons. The van der Waals surface area contributed by atoms with Gasteiger partial charge in [0.25, 0.3) is 10.0 Å². The number of aryl methyl sites for hydroxylation is 1. The zero-order valence-corrected chi connectivity index (χ0v) is 13.5. The molecule has 0 aliphatic carbocycles. The van der Waals surface area contributed by atoms with E-state index in [0.29, 0.717) is 10.0 Å². The second kappa shape index (κ2) is 5.55. The normalized spacial score (nSPS) is 11.3. The van der Waals surface area contributed by atoms with E-state index in [-0.39, 0.29) is 15.5 Å². The molecule has 0 aliphatic heterocycles. The van der Waals surface area contributed by atoms with Crippen LogP contribution in [0.15, 0.2) is 39.0 Å². The van der Waals surface area contributed by atoms with E-state index in [2.05, 4.69) is 20.7 Å². The number of sulfonamides is 1. The number of anilines is 1.